The summed E-state index contributed by atoms with van der Waals surface area (Å²) in [6.07, 6.45) is 3.92. The van der Waals surface area contributed by atoms with Gasteiger partial charge in [-0.2, -0.15) is 4.31 Å². The molecule has 114 valence electrons. The summed E-state index contributed by atoms with van der Waals surface area (Å²) in [6.45, 7) is 8.18. The Morgan fingerprint density at radius 2 is 1.74 bits per heavy atom. The highest BCUT2D eigenvalue weighted by molar-refractivity contribution is 7.89. The molecule has 0 heterocycles. The standard InChI is InChI=1S/C14H29NO3S/c1-11(2)5-8-14(10-16)15(9-13-6-7-13)19(17,18)12(3)4/h11-14,16H,5-10H2,1-4H3/t14-/m0/s1. The maximum absolute atomic E-state index is 12.5. The van der Waals surface area contributed by atoms with E-state index < -0.39 is 15.3 Å². The van der Waals surface area contributed by atoms with Crippen molar-refractivity contribution in [2.45, 2.75) is 64.7 Å². The van der Waals surface area contributed by atoms with Crippen LogP contribution in [0, 0.1) is 11.8 Å². The lowest BCUT2D eigenvalue weighted by Gasteiger charge is -2.31. The second kappa shape index (κ2) is 7.04. The van der Waals surface area contributed by atoms with Crippen LogP contribution < -0.4 is 0 Å². The van der Waals surface area contributed by atoms with Gasteiger partial charge in [0.05, 0.1) is 11.9 Å². The maximum Gasteiger partial charge on any atom is 0.216 e. The third kappa shape index (κ3) is 5.04. The number of sulfonamides is 1. The highest BCUT2D eigenvalue weighted by Crippen LogP contribution is 2.32. The third-order valence-corrected chi connectivity index (χ3v) is 6.05. The van der Waals surface area contributed by atoms with Crippen LogP contribution in [0.3, 0.4) is 0 Å². The molecule has 0 unspecified atom stereocenters. The zero-order valence-corrected chi connectivity index (χ0v) is 13.5. The minimum Gasteiger partial charge on any atom is -0.395 e. The fraction of sp³-hybridized carbons (Fsp3) is 1.00. The van der Waals surface area contributed by atoms with Gasteiger partial charge < -0.3 is 5.11 Å². The molecular weight excluding hydrogens is 262 g/mol. The molecule has 1 aliphatic rings. The predicted octanol–water partition coefficient (Wildman–Crippen LogP) is 2.23. The van der Waals surface area contributed by atoms with E-state index in [2.05, 4.69) is 13.8 Å². The molecule has 1 fully saturated rings. The van der Waals surface area contributed by atoms with Crippen LogP contribution in [0.4, 0.5) is 0 Å². The SMILES string of the molecule is CC(C)CC[C@@H](CO)N(CC1CC1)S(=O)(=O)C(C)C. The second-order valence-electron chi connectivity index (χ2n) is 6.41. The summed E-state index contributed by atoms with van der Waals surface area (Å²) >= 11 is 0. The molecule has 0 aromatic heterocycles. The van der Waals surface area contributed by atoms with E-state index in [-0.39, 0.29) is 12.6 Å². The number of hydrogen-bond donors (Lipinski definition) is 1. The first-order chi connectivity index (χ1) is 8.78. The summed E-state index contributed by atoms with van der Waals surface area (Å²) in [7, 11) is -3.28. The lowest BCUT2D eigenvalue weighted by molar-refractivity contribution is 0.169. The van der Waals surface area contributed by atoms with E-state index in [0.29, 0.717) is 18.4 Å². The highest BCUT2D eigenvalue weighted by atomic mass is 32.2. The number of rotatable bonds is 9. The normalized spacial score (nSPS) is 18.5. The third-order valence-electron chi connectivity index (χ3n) is 3.75. The van der Waals surface area contributed by atoms with Crippen molar-refractivity contribution in [1.29, 1.82) is 0 Å². The summed E-state index contributed by atoms with van der Waals surface area (Å²) in [5.74, 6) is 1.03. The number of hydrogen-bond acceptors (Lipinski definition) is 3. The molecule has 0 spiro atoms. The fourth-order valence-electron chi connectivity index (χ4n) is 2.14. The molecule has 1 N–H and O–H groups in total. The molecule has 0 aliphatic heterocycles. The molecule has 0 amide bonds. The van der Waals surface area contributed by atoms with Gasteiger partial charge in [-0.3, -0.25) is 0 Å². The number of aliphatic hydroxyl groups excluding tert-OH is 1. The van der Waals surface area contributed by atoms with Gasteiger partial charge in [-0.25, -0.2) is 8.42 Å². The Kier molecular flexibility index (Phi) is 6.27. The Morgan fingerprint density at radius 3 is 2.11 bits per heavy atom. The molecule has 1 atom stereocenters. The summed E-state index contributed by atoms with van der Waals surface area (Å²) in [5, 5.41) is 9.16. The lowest BCUT2D eigenvalue weighted by atomic mass is 10.0. The Hall–Kier alpha value is -0.130. The van der Waals surface area contributed by atoms with E-state index in [9.17, 15) is 13.5 Å². The van der Waals surface area contributed by atoms with Crippen LogP contribution in [0.15, 0.2) is 0 Å². The van der Waals surface area contributed by atoms with Crippen molar-refractivity contribution in [1.82, 2.24) is 4.31 Å². The van der Waals surface area contributed by atoms with Crippen LogP contribution in [0.2, 0.25) is 0 Å². The van der Waals surface area contributed by atoms with E-state index in [1.165, 1.54) is 0 Å². The molecule has 19 heavy (non-hydrogen) atoms. The van der Waals surface area contributed by atoms with Crippen molar-refractivity contribution in [2.24, 2.45) is 11.8 Å². The van der Waals surface area contributed by atoms with Crippen LogP contribution in [0.25, 0.3) is 0 Å². The summed E-state index contributed by atoms with van der Waals surface area (Å²) in [6, 6.07) is -0.254. The molecule has 0 aromatic carbocycles. The molecule has 0 saturated heterocycles. The topological polar surface area (TPSA) is 57.6 Å². The van der Waals surface area contributed by atoms with Gasteiger partial charge in [-0.1, -0.05) is 13.8 Å². The van der Waals surface area contributed by atoms with Crippen LogP contribution >= 0.6 is 0 Å². The Balaban J connectivity index is 2.80. The van der Waals surface area contributed by atoms with Gasteiger partial charge in [0.15, 0.2) is 0 Å². The Bertz CT molecular complexity index is 361. The van der Waals surface area contributed by atoms with Gasteiger partial charge in [0.2, 0.25) is 10.0 Å². The molecule has 0 bridgehead atoms. The van der Waals surface area contributed by atoms with Gasteiger partial charge in [0, 0.05) is 12.6 Å². The van der Waals surface area contributed by atoms with E-state index in [1.54, 1.807) is 18.2 Å². The van der Waals surface area contributed by atoms with Crippen molar-refractivity contribution < 1.29 is 13.5 Å². The van der Waals surface area contributed by atoms with Crippen molar-refractivity contribution in [2.75, 3.05) is 13.2 Å². The highest BCUT2D eigenvalue weighted by Gasteiger charge is 2.36. The van der Waals surface area contributed by atoms with Gasteiger partial charge >= 0.3 is 0 Å². The summed E-state index contributed by atoms with van der Waals surface area (Å²) in [4.78, 5) is 0. The zero-order chi connectivity index (χ0) is 14.6. The fourth-order valence-corrected chi connectivity index (χ4v) is 3.69. The van der Waals surface area contributed by atoms with Crippen LogP contribution in [-0.2, 0) is 10.0 Å². The Labute approximate surface area is 118 Å². The number of aliphatic hydroxyl groups is 1. The smallest absolute Gasteiger partial charge is 0.216 e. The monoisotopic (exact) mass is 291 g/mol. The van der Waals surface area contributed by atoms with Crippen molar-refractivity contribution in [3.05, 3.63) is 0 Å². The molecule has 1 rings (SSSR count). The molecule has 5 heteroatoms. The van der Waals surface area contributed by atoms with Crippen molar-refractivity contribution in [3.8, 4) is 0 Å². The Morgan fingerprint density at radius 1 is 1.16 bits per heavy atom. The first-order valence-electron chi connectivity index (χ1n) is 7.40. The predicted molar refractivity (Wildman–Crippen MR) is 78.4 cm³/mol. The van der Waals surface area contributed by atoms with E-state index in [4.69, 9.17) is 0 Å². The zero-order valence-electron chi connectivity index (χ0n) is 12.7. The van der Waals surface area contributed by atoms with Gasteiger partial charge in [-0.15, -0.1) is 0 Å². The van der Waals surface area contributed by atoms with Gasteiger partial charge in [0.1, 0.15) is 0 Å². The van der Waals surface area contributed by atoms with Crippen LogP contribution in [-0.4, -0.2) is 42.3 Å². The summed E-state index contributed by atoms with van der Waals surface area (Å²) < 4.78 is 26.5. The van der Waals surface area contributed by atoms with E-state index in [1.807, 2.05) is 0 Å². The average molecular weight is 291 g/mol. The van der Waals surface area contributed by atoms with Crippen molar-refractivity contribution in [3.63, 3.8) is 0 Å². The molecule has 1 saturated carbocycles. The van der Waals surface area contributed by atoms with E-state index >= 15 is 0 Å². The van der Waals surface area contributed by atoms with Crippen LogP contribution in [0.1, 0.15) is 53.4 Å². The first kappa shape index (κ1) is 16.9. The number of nitrogens with zero attached hydrogens (tertiary/aromatic N) is 1. The summed E-state index contributed by atoms with van der Waals surface area (Å²) in [5.41, 5.74) is 0. The van der Waals surface area contributed by atoms with Crippen LogP contribution in [0.5, 0.6) is 0 Å². The van der Waals surface area contributed by atoms with Gasteiger partial charge in [-0.05, 0) is 51.4 Å². The molecule has 1 aliphatic carbocycles. The maximum atomic E-state index is 12.5. The molecule has 0 radical (unpaired) electrons. The largest absolute Gasteiger partial charge is 0.395 e. The minimum absolute atomic E-state index is 0.0780. The first-order valence-corrected chi connectivity index (χ1v) is 8.90. The quantitative estimate of drug-likeness (QED) is 0.709. The average Bonchev–Trinajstić information content (AvgIpc) is 3.11. The second-order valence-corrected chi connectivity index (χ2v) is 8.86. The van der Waals surface area contributed by atoms with Gasteiger partial charge in [0.25, 0.3) is 0 Å². The molecule has 0 aromatic rings. The van der Waals surface area contributed by atoms with E-state index in [0.717, 1.165) is 25.7 Å². The minimum atomic E-state index is -3.28. The molecular formula is C14H29NO3S. The van der Waals surface area contributed by atoms with Crippen molar-refractivity contribution >= 4 is 10.0 Å². The lowest BCUT2D eigenvalue weighted by Crippen LogP contribution is -2.46. The molecule has 4 nitrogen and oxygen atoms in total.